The third kappa shape index (κ3) is 4.08. The quantitative estimate of drug-likeness (QED) is 0.769. The molecule has 6 heteroatoms. The van der Waals surface area contributed by atoms with Crippen LogP contribution in [0.2, 0.25) is 0 Å². The molecule has 96 valence electrons. The number of aryl methyl sites for hydroxylation is 1. The first-order valence-electron chi connectivity index (χ1n) is 5.19. The molecule has 0 amide bonds. The first-order valence-corrected chi connectivity index (χ1v) is 6.68. The number of nitrogens with one attached hydrogen (secondary N) is 1. The van der Waals surface area contributed by atoms with E-state index in [1.807, 2.05) is 6.92 Å². The summed E-state index contributed by atoms with van der Waals surface area (Å²) in [6.45, 7) is 1.70. The monoisotopic (exact) mass is 259 g/mol. The number of ether oxygens (including phenoxy) is 1. The van der Waals surface area contributed by atoms with Crippen molar-refractivity contribution < 1.29 is 18.3 Å². The van der Waals surface area contributed by atoms with Gasteiger partial charge in [-0.05, 0) is 19.1 Å². The maximum absolute atomic E-state index is 11.8. The second-order valence-electron chi connectivity index (χ2n) is 3.71. The molecule has 17 heavy (non-hydrogen) atoms. The van der Waals surface area contributed by atoms with E-state index < -0.39 is 16.1 Å². The molecule has 0 saturated carbocycles. The van der Waals surface area contributed by atoms with Crippen LogP contribution in [-0.2, 0) is 14.8 Å². The van der Waals surface area contributed by atoms with Crippen molar-refractivity contribution in [1.82, 2.24) is 4.72 Å². The van der Waals surface area contributed by atoms with E-state index >= 15 is 0 Å². The van der Waals surface area contributed by atoms with Gasteiger partial charge in [0.15, 0.2) is 0 Å². The second kappa shape index (κ2) is 6.11. The van der Waals surface area contributed by atoms with E-state index in [4.69, 9.17) is 9.84 Å². The summed E-state index contributed by atoms with van der Waals surface area (Å²) in [4.78, 5) is 0.205. The van der Waals surface area contributed by atoms with E-state index in [2.05, 4.69) is 4.72 Å². The summed E-state index contributed by atoms with van der Waals surface area (Å²) in [5, 5.41) is 8.87. The molecule has 1 aromatic carbocycles. The average molecular weight is 259 g/mol. The molecule has 1 unspecified atom stereocenters. The van der Waals surface area contributed by atoms with Crippen LogP contribution in [0.5, 0.6) is 0 Å². The Bertz CT molecular complexity index is 437. The molecule has 0 aliphatic carbocycles. The van der Waals surface area contributed by atoms with Gasteiger partial charge in [-0.2, -0.15) is 0 Å². The molecule has 1 atom stereocenters. The first kappa shape index (κ1) is 14.1. The standard InChI is InChI=1S/C11H17NO4S/c1-9-3-5-11(6-4-9)17(14,15)12-7-10(8-13)16-2/h3-6,10,12-13H,7-8H2,1-2H3. The molecule has 0 aliphatic heterocycles. The zero-order chi connectivity index (χ0) is 12.9. The van der Waals surface area contributed by atoms with Gasteiger partial charge in [0.2, 0.25) is 10.0 Å². The fraction of sp³-hybridized carbons (Fsp3) is 0.455. The third-order valence-corrected chi connectivity index (χ3v) is 3.81. The van der Waals surface area contributed by atoms with E-state index in [-0.39, 0.29) is 18.0 Å². The van der Waals surface area contributed by atoms with Crippen molar-refractivity contribution in [3.05, 3.63) is 29.8 Å². The van der Waals surface area contributed by atoms with Crippen LogP contribution in [0, 0.1) is 6.92 Å². The lowest BCUT2D eigenvalue weighted by Crippen LogP contribution is -2.35. The Labute approximate surface area is 101 Å². The highest BCUT2D eigenvalue weighted by Crippen LogP contribution is 2.09. The van der Waals surface area contributed by atoms with Gasteiger partial charge in [-0.15, -0.1) is 0 Å². The molecule has 1 aromatic rings. The Morgan fingerprint density at radius 1 is 1.35 bits per heavy atom. The van der Waals surface area contributed by atoms with Crippen molar-refractivity contribution in [3.8, 4) is 0 Å². The summed E-state index contributed by atoms with van der Waals surface area (Å²) in [6.07, 6.45) is -0.532. The topological polar surface area (TPSA) is 75.6 Å². The summed E-state index contributed by atoms with van der Waals surface area (Å²) < 4.78 is 30.9. The smallest absolute Gasteiger partial charge is 0.240 e. The minimum absolute atomic E-state index is 0.0449. The van der Waals surface area contributed by atoms with Crippen molar-refractivity contribution in [3.63, 3.8) is 0 Å². The summed E-state index contributed by atoms with van der Waals surface area (Å²) in [7, 11) is -2.12. The average Bonchev–Trinajstić information content (AvgIpc) is 2.31. The zero-order valence-electron chi connectivity index (χ0n) is 9.88. The van der Waals surface area contributed by atoms with Gasteiger partial charge >= 0.3 is 0 Å². The molecule has 1 rings (SSSR count). The summed E-state index contributed by atoms with van der Waals surface area (Å²) >= 11 is 0. The molecule has 2 N–H and O–H groups in total. The highest BCUT2D eigenvalue weighted by atomic mass is 32.2. The minimum atomic E-state index is -3.53. The number of hydrogen-bond acceptors (Lipinski definition) is 4. The second-order valence-corrected chi connectivity index (χ2v) is 5.47. The molecule has 0 aromatic heterocycles. The first-order chi connectivity index (χ1) is 7.99. The Balaban J connectivity index is 2.72. The van der Waals surface area contributed by atoms with Crippen molar-refractivity contribution in [2.75, 3.05) is 20.3 Å². The predicted molar refractivity (Wildman–Crippen MR) is 64.3 cm³/mol. The van der Waals surface area contributed by atoms with Crippen LogP contribution in [0.15, 0.2) is 29.2 Å². The van der Waals surface area contributed by atoms with Gasteiger partial charge in [-0.3, -0.25) is 0 Å². The molecule has 0 fully saturated rings. The van der Waals surface area contributed by atoms with E-state index in [0.717, 1.165) is 5.56 Å². The fourth-order valence-electron chi connectivity index (χ4n) is 1.23. The van der Waals surface area contributed by atoms with Crippen LogP contribution in [-0.4, -0.2) is 39.9 Å². The van der Waals surface area contributed by atoms with Gasteiger partial charge in [-0.25, -0.2) is 13.1 Å². The summed E-state index contributed by atoms with van der Waals surface area (Å²) in [5.41, 5.74) is 0.995. The van der Waals surface area contributed by atoms with Crippen molar-refractivity contribution in [1.29, 1.82) is 0 Å². The van der Waals surface area contributed by atoms with Crippen LogP contribution >= 0.6 is 0 Å². The lowest BCUT2D eigenvalue weighted by Gasteiger charge is -2.13. The SMILES string of the molecule is COC(CO)CNS(=O)(=O)c1ccc(C)cc1. The number of hydrogen-bond donors (Lipinski definition) is 2. The number of methoxy groups -OCH3 is 1. The number of benzene rings is 1. The fourth-order valence-corrected chi connectivity index (χ4v) is 2.29. The van der Waals surface area contributed by atoms with Crippen LogP contribution < -0.4 is 4.72 Å². The van der Waals surface area contributed by atoms with Crippen LogP contribution in [0.25, 0.3) is 0 Å². The maximum atomic E-state index is 11.8. The maximum Gasteiger partial charge on any atom is 0.240 e. The van der Waals surface area contributed by atoms with Gasteiger partial charge in [0.05, 0.1) is 17.6 Å². The minimum Gasteiger partial charge on any atom is -0.394 e. The van der Waals surface area contributed by atoms with Gasteiger partial charge in [0.1, 0.15) is 0 Å². The zero-order valence-corrected chi connectivity index (χ0v) is 10.7. The van der Waals surface area contributed by atoms with Crippen molar-refractivity contribution >= 4 is 10.0 Å². The highest BCUT2D eigenvalue weighted by molar-refractivity contribution is 7.89. The predicted octanol–water partition coefficient (Wildman–Crippen LogP) is 0.281. The van der Waals surface area contributed by atoms with Crippen LogP contribution in [0.3, 0.4) is 0 Å². The Morgan fingerprint density at radius 2 is 1.94 bits per heavy atom. The molecular formula is C11H17NO4S. The van der Waals surface area contributed by atoms with E-state index in [1.54, 1.807) is 24.3 Å². The molecule has 0 heterocycles. The summed E-state index contributed by atoms with van der Waals surface area (Å²) in [5.74, 6) is 0. The van der Waals surface area contributed by atoms with Gasteiger partial charge in [-0.1, -0.05) is 17.7 Å². The number of sulfonamides is 1. The lowest BCUT2D eigenvalue weighted by molar-refractivity contribution is 0.0528. The Morgan fingerprint density at radius 3 is 2.41 bits per heavy atom. The Kier molecular flexibility index (Phi) is 5.07. The van der Waals surface area contributed by atoms with Crippen molar-refractivity contribution in [2.24, 2.45) is 0 Å². The summed E-state index contributed by atoms with van der Waals surface area (Å²) in [6, 6.07) is 6.54. The largest absolute Gasteiger partial charge is 0.394 e. The Hall–Kier alpha value is -0.950. The van der Waals surface area contributed by atoms with Gasteiger partial charge < -0.3 is 9.84 Å². The highest BCUT2D eigenvalue weighted by Gasteiger charge is 2.15. The van der Waals surface area contributed by atoms with Crippen LogP contribution in [0.4, 0.5) is 0 Å². The van der Waals surface area contributed by atoms with Gasteiger partial charge in [0, 0.05) is 13.7 Å². The number of aliphatic hydroxyl groups is 1. The number of rotatable bonds is 6. The third-order valence-electron chi connectivity index (χ3n) is 2.37. The molecule has 0 spiro atoms. The van der Waals surface area contributed by atoms with Crippen molar-refractivity contribution in [2.45, 2.75) is 17.9 Å². The normalized spacial score (nSPS) is 13.6. The van der Waals surface area contributed by atoms with E-state index in [0.29, 0.717) is 0 Å². The molecule has 5 nitrogen and oxygen atoms in total. The van der Waals surface area contributed by atoms with E-state index in [9.17, 15) is 8.42 Å². The van der Waals surface area contributed by atoms with E-state index in [1.165, 1.54) is 7.11 Å². The molecule has 0 radical (unpaired) electrons. The van der Waals surface area contributed by atoms with Crippen LogP contribution in [0.1, 0.15) is 5.56 Å². The number of aliphatic hydroxyl groups excluding tert-OH is 1. The molecule has 0 bridgehead atoms. The molecular weight excluding hydrogens is 242 g/mol. The lowest BCUT2D eigenvalue weighted by atomic mass is 10.2. The molecule has 0 aliphatic rings. The van der Waals surface area contributed by atoms with Gasteiger partial charge in [0.25, 0.3) is 0 Å². The molecule has 0 saturated heterocycles.